The smallest absolute Gasteiger partial charge is 0.0485 e. The van der Waals surface area contributed by atoms with Crippen LogP contribution in [0.1, 0.15) is 23.1 Å². The molecule has 3 heteroatoms. The molecule has 90 valence electrons. The number of aryl methyl sites for hydroxylation is 2. The maximum Gasteiger partial charge on any atom is 0.0485 e. The lowest BCUT2D eigenvalue weighted by molar-refractivity contribution is 0.676. The minimum Gasteiger partial charge on any atom is -0.320 e. The summed E-state index contributed by atoms with van der Waals surface area (Å²) in [4.78, 5) is 0. The highest BCUT2D eigenvalue weighted by Gasteiger charge is 2.02. The summed E-state index contributed by atoms with van der Waals surface area (Å²) in [6.45, 7) is 5.11. The standard InChI is InChI=1S/C13H21NOS/c1-11-7-12(2)9-13(8-11)10-16(15)6-4-5-14-3/h7-9,14H,4-6,10H2,1-3H3. The van der Waals surface area contributed by atoms with Crippen LogP contribution in [0.15, 0.2) is 18.2 Å². The van der Waals surface area contributed by atoms with Gasteiger partial charge in [-0.15, -0.1) is 0 Å². The summed E-state index contributed by atoms with van der Waals surface area (Å²) in [6.07, 6.45) is 0.980. The molecule has 0 amide bonds. The van der Waals surface area contributed by atoms with E-state index in [-0.39, 0.29) is 0 Å². The third kappa shape index (κ3) is 4.90. The number of hydrogen-bond donors (Lipinski definition) is 1. The van der Waals surface area contributed by atoms with Gasteiger partial charge in [0.2, 0.25) is 0 Å². The largest absolute Gasteiger partial charge is 0.320 e. The second-order valence-electron chi connectivity index (χ2n) is 4.24. The summed E-state index contributed by atoms with van der Waals surface area (Å²) >= 11 is 0. The van der Waals surface area contributed by atoms with Crippen molar-refractivity contribution in [1.29, 1.82) is 0 Å². The number of rotatable bonds is 6. The van der Waals surface area contributed by atoms with E-state index in [4.69, 9.17) is 0 Å². The Morgan fingerprint density at radius 2 is 1.81 bits per heavy atom. The van der Waals surface area contributed by atoms with E-state index < -0.39 is 10.8 Å². The molecule has 0 aromatic heterocycles. The number of nitrogens with one attached hydrogen (secondary N) is 1. The van der Waals surface area contributed by atoms with Crippen LogP contribution in [-0.2, 0) is 16.6 Å². The predicted molar refractivity (Wildman–Crippen MR) is 71.2 cm³/mol. The molecule has 1 aromatic rings. The molecular formula is C13H21NOS. The van der Waals surface area contributed by atoms with Crippen molar-refractivity contribution in [3.8, 4) is 0 Å². The Bertz CT molecular complexity index is 343. The van der Waals surface area contributed by atoms with Crippen molar-refractivity contribution < 1.29 is 4.21 Å². The minimum atomic E-state index is -0.729. The first-order chi connectivity index (χ1) is 7.61. The molecule has 1 atom stereocenters. The highest BCUT2D eigenvalue weighted by molar-refractivity contribution is 7.84. The van der Waals surface area contributed by atoms with Gasteiger partial charge in [0.1, 0.15) is 0 Å². The van der Waals surface area contributed by atoms with Crippen molar-refractivity contribution in [3.05, 3.63) is 34.9 Å². The normalized spacial score (nSPS) is 12.7. The monoisotopic (exact) mass is 239 g/mol. The SMILES string of the molecule is CNCCCS(=O)Cc1cc(C)cc(C)c1. The van der Waals surface area contributed by atoms with Gasteiger partial charge in [-0.05, 0) is 39.4 Å². The van der Waals surface area contributed by atoms with Crippen LogP contribution in [0.4, 0.5) is 0 Å². The summed E-state index contributed by atoms with van der Waals surface area (Å²) in [5.41, 5.74) is 3.70. The summed E-state index contributed by atoms with van der Waals surface area (Å²) < 4.78 is 11.8. The van der Waals surface area contributed by atoms with Gasteiger partial charge in [-0.3, -0.25) is 4.21 Å². The minimum absolute atomic E-state index is 0.687. The molecule has 0 aliphatic heterocycles. The lowest BCUT2D eigenvalue weighted by Crippen LogP contribution is -2.12. The van der Waals surface area contributed by atoms with Crippen LogP contribution in [-0.4, -0.2) is 23.6 Å². The Morgan fingerprint density at radius 3 is 2.38 bits per heavy atom. The van der Waals surface area contributed by atoms with Crippen LogP contribution in [0, 0.1) is 13.8 Å². The third-order valence-electron chi connectivity index (χ3n) is 2.41. The van der Waals surface area contributed by atoms with Crippen LogP contribution >= 0.6 is 0 Å². The van der Waals surface area contributed by atoms with Crippen molar-refractivity contribution in [2.45, 2.75) is 26.0 Å². The molecule has 0 fully saturated rings. The van der Waals surface area contributed by atoms with Gasteiger partial charge in [-0.1, -0.05) is 29.3 Å². The molecule has 0 heterocycles. The second kappa shape index (κ2) is 6.81. The van der Waals surface area contributed by atoms with Crippen molar-refractivity contribution in [1.82, 2.24) is 5.32 Å². The maximum atomic E-state index is 11.8. The van der Waals surface area contributed by atoms with Gasteiger partial charge >= 0.3 is 0 Å². The molecule has 16 heavy (non-hydrogen) atoms. The molecule has 0 saturated heterocycles. The molecule has 0 aliphatic carbocycles. The molecular weight excluding hydrogens is 218 g/mol. The molecule has 1 N–H and O–H groups in total. The van der Waals surface area contributed by atoms with Crippen molar-refractivity contribution in [2.75, 3.05) is 19.3 Å². The molecule has 2 nitrogen and oxygen atoms in total. The quantitative estimate of drug-likeness (QED) is 0.771. The van der Waals surface area contributed by atoms with E-state index >= 15 is 0 Å². The van der Waals surface area contributed by atoms with Crippen LogP contribution in [0.2, 0.25) is 0 Å². The fourth-order valence-electron chi connectivity index (χ4n) is 1.82. The number of benzene rings is 1. The van der Waals surface area contributed by atoms with E-state index in [0.717, 1.165) is 18.7 Å². The van der Waals surface area contributed by atoms with Crippen LogP contribution in [0.25, 0.3) is 0 Å². The molecule has 0 spiro atoms. The first kappa shape index (κ1) is 13.4. The lowest BCUT2D eigenvalue weighted by atomic mass is 10.1. The molecule has 1 rings (SSSR count). The fraction of sp³-hybridized carbons (Fsp3) is 0.538. The molecule has 0 aliphatic rings. The Kier molecular flexibility index (Phi) is 5.71. The van der Waals surface area contributed by atoms with Gasteiger partial charge in [-0.25, -0.2) is 0 Å². The lowest BCUT2D eigenvalue weighted by Gasteiger charge is -2.05. The molecule has 0 bridgehead atoms. The fourth-order valence-corrected chi connectivity index (χ4v) is 2.97. The van der Waals surface area contributed by atoms with Gasteiger partial charge in [-0.2, -0.15) is 0 Å². The van der Waals surface area contributed by atoms with Crippen molar-refractivity contribution >= 4 is 10.8 Å². The zero-order valence-corrected chi connectivity index (χ0v) is 11.2. The van der Waals surface area contributed by atoms with Gasteiger partial charge in [0.25, 0.3) is 0 Å². The average molecular weight is 239 g/mol. The summed E-state index contributed by atoms with van der Waals surface area (Å²) in [5, 5.41) is 3.07. The number of hydrogen-bond acceptors (Lipinski definition) is 2. The third-order valence-corrected chi connectivity index (χ3v) is 3.81. The Labute approximate surface area is 101 Å². The van der Waals surface area contributed by atoms with Gasteiger partial charge in [0, 0.05) is 22.3 Å². The summed E-state index contributed by atoms with van der Waals surface area (Å²) in [5.74, 6) is 1.47. The first-order valence-corrected chi connectivity index (χ1v) is 7.17. The highest BCUT2D eigenvalue weighted by Crippen LogP contribution is 2.11. The van der Waals surface area contributed by atoms with Crippen molar-refractivity contribution in [3.63, 3.8) is 0 Å². The maximum absolute atomic E-state index is 11.8. The van der Waals surface area contributed by atoms with E-state index in [1.165, 1.54) is 16.7 Å². The average Bonchev–Trinajstić information content (AvgIpc) is 2.16. The first-order valence-electron chi connectivity index (χ1n) is 5.68. The Hall–Kier alpha value is -0.670. The van der Waals surface area contributed by atoms with Crippen LogP contribution in [0.3, 0.4) is 0 Å². The zero-order chi connectivity index (χ0) is 12.0. The van der Waals surface area contributed by atoms with Crippen LogP contribution < -0.4 is 5.32 Å². The highest BCUT2D eigenvalue weighted by atomic mass is 32.2. The summed E-state index contributed by atoms with van der Waals surface area (Å²) in [7, 11) is 1.19. The van der Waals surface area contributed by atoms with Crippen LogP contribution in [0.5, 0.6) is 0 Å². The predicted octanol–water partition coefficient (Wildman–Crippen LogP) is 2.16. The van der Waals surface area contributed by atoms with E-state index in [2.05, 4.69) is 37.4 Å². The second-order valence-corrected chi connectivity index (χ2v) is 5.82. The molecule has 0 saturated carbocycles. The Balaban J connectivity index is 2.49. The topological polar surface area (TPSA) is 29.1 Å². The van der Waals surface area contributed by atoms with Gasteiger partial charge < -0.3 is 5.32 Å². The van der Waals surface area contributed by atoms with E-state index in [0.29, 0.717) is 5.75 Å². The van der Waals surface area contributed by atoms with E-state index in [9.17, 15) is 4.21 Å². The van der Waals surface area contributed by atoms with Gasteiger partial charge in [0.05, 0.1) is 0 Å². The van der Waals surface area contributed by atoms with E-state index in [1.807, 2.05) is 7.05 Å². The van der Waals surface area contributed by atoms with Gasteiger partial charge in [0.15, 0.2) is 0 Å². The molecule has 1 aromatic carbocycles. The van der Waals surface area contributed by atoms with Crippen molar-refractivity contribution in [2.24, 2.45) is 0 Å². The zero-order valence-electron chi connectivity index (χ0n) is 10.4. The summed E-state index contributed by atoms with van der Waals surface area (Å²) in [6, 6.07) is 6.40. The van der Waals surface area contributed by atoms with E-state index in [1.54, 1.807) is 0 Å². The molecule has 0 radical (unpaired) electrons. The Morgan fingerprint density at radius 1 is 1.19 bits per heavy atom. The molecule has 1 unspecified atom stereocenters.